The van der Waals surface area contributed by atoms with E-state index in [2.05, 4.69) is 11.3 Å². The van der Waals surface area contributed by atoms with Gasteiger partial charge in [0, 0.05) is 5.57 Å². The smallest absolute Gasteiger partial charge is 0.379 e. The molecule has 62 valence electrons. The van der Waals surface area contributed by atoms with Gasteiger partial charge >= 0.3 is 5.97 Å². The van der Waals surface area contributed by atoms with Crippen molar-refractivity contribution in [3.63, 3.8) is 0 Å². The van der Waals surface area contributed by atoms with Gasteiger partial charge in [-0.2, -0.15) is 0 Å². The summed E-state index contributed by atoms with van der Waals surface area (Å²) in [6, 6.07) is 0. The van der Waals surface area contributed by atoms with Crippen LogP contribution in [0, 0.1) is 0 Å². The highest BCUT2D eigenvalue weighted by Gasteiger charge is 2.16. The number of esters is 1. The maximum Gasteiger partial charge on any atom is 0.379 e. The van der Waals surface area contributed by atoms with E-state index in [9.17, 15) is 9.59 Å². The summed E-state index contributed by atoms with van der Waals surface area (Å²) in [5, 5.41) is 8.39. The lowest BCUT2D eigenvalue weighted by atomic mass is 10.2. The summed E-state index contributed by atoms with van der Waals surface area (Å²) in [6.07, 6.45) is 0. The van der Waals surface area contributed by atoms with Gasteiger partial charge in [0.25, 0.3) is 5.78 Å². The monoisotopic (exact) mass is 158 g/mol. The topological polar surface area (TPSA) is 63.6 Å². The number of carbonyl (C=O) groups is 2. The zero-order valence-electron chi connectivity index (χ0n) is 6.29. The van der Waals surface area contributed by atoms with E-state index in [0.717, 1.165) is 0 Å². The lowest BCUT2D eigenvalue weighted by molar-refractivity contribution is -0.151. The summed E-state index contributed by atoms with van der Waals surface area (Å²) in [6.45, 7) is 4.39. The summed E-state index contributed by atoms with van der Waals surface area (Å²) in [5.74, 6) is -1.83. The van der Waals surface area contributed by atoms with Crippen LogP contribution < -0.4 is 0 Å². The van der Waals surface area contributed by atoms with Crippen molar-refractivity contribution in [1.29, 1.82) is 0 Å². The molecule has 0 heterocycles. The SMILES string of the molecule is C=C(CO)C(=O)C(=O)OCC. The number of ether oxygens (including phenoxy) is 1. The second-order valence-electron chi connectivity index (χ2n) is 1.81. The highest BCUT2D eigenvalue weighted by molar-refractivity contribution is 6.40. The first-order valence-corrected chi connectivity index (χ1v) is 3.13. The summed E-state index contributed by atoms with van der Waals surface area (Å²) in [4.78, 5) is 21.3. The Balaban J connectivity index is 4.03. The minimum absolute atomic E-state index is 0.142. The van der Waals surface area contributed by atoms with Crippen LogP contribution >= 0.6 is 0 Å². The van der Waals surface area contributed by atoms with Gasteiger partial charge in [-0.05, 0) is 6.92 Å². The quantitative estimate of drug-likeness (QED) is 0.345. The molecule has 0 spiro atoms. The number of Topliss-reactive ketones (excluding diaryl/α,β-unsaturated/α-hetero) is 1. The van der Waals surface area contributed by atoms with E-state index in [-0.39, 0.29) is 12.2 Å². The van der Waals surface area contributed by atoms with Crippen molar-refractivity contribution in [3.8, 4) is 0 Å². The molecular formula is C7H10O4. The Kier molecular flexibility index (Phi) is 4.14. The second-order valence-corrected chi connectivity index (χ2v) is 1.81. The molecular weight excluding hydrogens is 148 g/mol. The Hall–Kier alpha value is -1.16. The van der Waals surface area contributed by atoms with Gasteiger partial charge in [0.1, 0.15) is 0 Å². The van der Waals surface area contributed by atoms with Gasteiger partial charge in [0.2, 0.25) is 0 Å². The highest BCUT2D eigenvalue weighted by Crippen LogP contribution is 1.93. The fourth-order valence-electron chi connectivity index (χ4n) is 0.413. The number of hydrogen-bond donors (Lipinski definition) is 1. The molecule has 11 heavy (non-hydrogen) atoms. The summed E-state index contributed by atoms with van der Waals surface area (Å²) >= 11 is 0. The molecule has 0 radical (unpaired) electrons. The summed E-state index contributed by atoms with van der Waals surface area (Å²) in [5.41, 5.74) is -0.150. The molecule has 0 aromatic carbocycles. The second kappa shape index (κ2) is 4.62. The minimum atomic E-state index is -0.966. The summed E-state index contributed by atoms with van der Waals surface area (Å²) in [7, 11) is 0. The summed E-state index contributed by atoms with van der Waals surface area (Å²) < 4.78 is 4.37. The standard InChI is InChI=1S/C7H10O4/c1-3-11-7(10)6(9)5(2)4-8/h8H,2-4H2,1H3. The molecule has 0 fully saturated rings. The molecule has 0 aliphatic carbocycles. The average Bonchev–Trinajstić information content (AvgIpc) is 2.02. The fourth-order valence-corrected chi connectivity index (χ4v) is 0.413. The van der Waals surface area contributed by atoms with Gasteiger partial charge in [-0.25, -0.2) is 4.79 Å². The maximum absolute atomic E-state index is 10.7. The lowest BCUT2D eigenvalue weighted by Crippen LogP contribution is -2.20. The molecule has 0 saturated heterocycles. The van der Waals surface area contributed by atoms with E-state index < -0.39 is 18.4 Å². The Morgan fingerprint density at radius 2 is 2.09 bits per heavy atom. The molecule has 0 aromatic heterocycles. The molecule has 0 bridgehead atoms. The van der Waals surface area contributed by atoms with E-state index in [4.69, 9.17) is 5.11 Å². The number of aliphatic hydroxyl groups excluding tert-OH is 1. The zero-order chi connectivity index (χ0) is 8.85. The molecule has 0 unspecified atom stereocenters. The number of aliphatic hydroxyl groups is 1. The third-order valence-electron chi connectivity index (χ3n) is 0.973. The van der Waals surface area contributed by atoms with Crippen LogP contribution in [0.2, 0.25) is 0 Å². The van der Waals surface area contributed by atoms with E-state index in [1.807, 2.05) is 0 Å². The molecule has 0 aromatic rings. The van der Waals surface area contributed by atoms with Crippen LogP contribution in [0.3, 0.4) is 0 Å². The van der Waals surface area contributed by atoms with Gasteiger partial charge in [0.15, 0.2) is 0 Å². The molecule has 4 heteroatoms. The van der Waals surface area contributed by atoms with Crippen LogP contribution in [0.25, 0.3) is 0 Å². The molecule has 0 amide bonds. The van der Waals surface area contributed by atoms with Gasteiger partial charge in [-0.1, -0.05) is 6.58 Å². The maximum atomic E-state index is 10.7. The Morgan fingerprint density at radius 1 is 1.55 bits per heavy atom. The first-order valence-electron chi connectivity index (χ1n) is 3.13. The molecule has 1 N–H and O–H groups in total. The number of hydrogen-bond acceptors (Lipinski definition) is 4. The number of carbonyl (C=O) groups excluding carboxylic acids is 2. The highest BCUT2D eigenvalue weighted by atomic mass is 16.5. The van der Waals surface area contributed by atoms with Crippen molar-refractivity contribution >= 4 is 11.8 Å². The van der Waals surface area contributed by atoms with Crippen LogP contribution in [-0.2, 0) is 14.3 Å². The van der Waals surface area contributed by atoms with Crippen molar-refractivity contribution in [3.05, 3.63) is 12.2 Å². The van der Waals surface area contributed by atoms with Crippen LogP contribution in [0.1, 0.15) is 6.92 Å². The van der Waals surface area contributed by atoms with Crippen molar-refractivity contribution in [2.24, 2.45) is 0 Å². The molecule has 0 rings (SSSR count). The lowest BCUT2D eigenvalue weighted by Gasteiger charge is -1.99. The normalized spacial score (nSPS) is 8.91. The first-order chi connectivity index (χ1) is 5.13. The number of ketones is 1. The third kappa shape index (κ3) is 2.95. The Labute approximate surface area is 64.5 Å². The van der Waals surface area contributed by atoms with Crippen LogP contribution in [-0.4, -0.2) is 30.1 Å². The molecule has 0 aliphatic rings. The molecule has 0 atom stereocenters. The first kappa shape index (κ1) is 9.84. The van der Waals surface area contributed by atoms with E-state index in [1.165, 1.54) is 0 Å². The fraction of sp³-hybridized carbons (Fsp3) is 0.429. The van der Waals surface area contributed by atoms with Crippen molar-refractivity contribution in [2.75, 3.05) is 13.2 Å². The largest absolute Gasteiger partial charge is 0.460 e. The Bertz CT molecular complexity index is 183. The Morgan fingerprint density at radius 3 is 2.45 bits per heavy atom. The van der Waals surface area contributed by atoms with Crippen LogP contribution in [0.15, 0.2) is 12.2 Å². The number of rotatable bonds is 4. The van der Waals surface area contributed by atoms with Gasteiger partial charge in [0.05, 0.1) is 13.2 Å². The predicted octanol–water partition coefficient (Wildman–Crippen LogP) is -0.333. The van der Waals surface area contributed by atoms with Crippen molar-refractivity contribution < 1.29 is 19.4 Å². The minimum Gasteiger partial charge on any atom is -0.460 e. The van der Waals surface area contributed by atoms with Gasteiger partial charge in [-0.3, -0.25) is 4.79 Å². The van der Waals surface area contributed by atoms with E-state index in [0.29, 0.717) is 0 Å². The molecule has 0 saturated carbocycles. The van der Waals surface area contributed by atoms with Gasteiger partial charge in [-0.15, -0.1) is 0 Å². The van der Waals surface area contributed by atoms with Gasteiger partial charge < -0.3 is 9.84 Å². The van der Waals surface area contributed by atoms with E-state index >= 15 is 0 Å². The zero-order valence-corrected chi connectivity index (χ0v) is 6.29. The molecule has 4 nitrogen and oxygen atoms in total. The third-order valence-corrected chi connectivity index (χ3v) is 0.973. The molecule has 0 aliphatic heterocycles. The average molecular weight is 158 g/mol. The predicted molar refractivity (Wildman–Crippen MR) is 37.9 cm³/mol. The van der Waals surface area contributed by atoms with Crippen molar-refractivity contribution in [2.45, 2.75) is 6.92 Å². The van der Waals surface area contributed by atoms with E-state index in [1.54, 1.807) is 6.92 Å². The van der Waals surface area contributed by atoms with Crippen LogP contribution in [0.5, 0.6) is 0 Å². The van der Waals surface area contributed by atoms with Crippen LogP contribution in [0.4, 0.5) is 0 Å². The van der Waals surface area contributed by atoms with Crippen molar-refractivity contribution in [1.82, 2.24) is 0 Å².